The minimum atomic E-state index is 0. The first-order valence-electron chi connectivity index (χ1n) is 9.57. The number of nitrogens with one attached hydrogen (secondary N) is 1. The van der Waals surface area contributed by atoms with E-state index in [2.05, 4.69) is 52.3 Å². The molecule has 2 rings (SSSR count). The van der Waals surface area contributed by atoms with Gasteiger partial charge >= 0.3 is 0 Å². The average molecular weight is 525 g/mol. The Labute approximate surface area is 191 Å². The van der Waals surface area contributed by atoms with Crippen LogP contribution in [0.2, 0.25) is 5.02 Å². The molecule has 1 saturated heterocycles. The molecule has 1 N–H and O–H groups in total. The normalized spacial score (nSPS) is 18.5. The number of aliphatic imine (C=N–C) groups is 1. The molecule has 2 unspecified atom stereocenters. The fourth-order valence-corrected chi connectivity index (χ4v) is 4.45. The molecule has 0 aliphatic carbocycles. The number of hydrogen-bond donors (Lipinski definition) is 1. The highest BCUT2D eigenvalue weighted by molar-refractivity contribution is 14.0. The third-order valence-corrected chi connectivity index (χ3v) is 6.40. The summed E-state index contributed by atoms with van der Waals surface area (Å²) in [6.45, 7) is 11.0. The molecule has 0 saturated carbocycles. The van der Waals surface area contributed by atoms with Crippen LogP contribution in [0.25, 0.3) is 0 Å². The van der Waals surface area contributed by atoms with E-state index in [1.807, 2.05) is 30.9 Å². The van der Waals surface area contributed by atoms with Crippen molar-refractivity contribution in [1.29, 1.82) is 0 Å². The van der Waals surface area contributed by atoms with Crippen molar-refractivity contribution in [2.24, 2.45) is 10.9 Å². The molecule has 0 aromatic heterocycles. The Hall–Kier alpha value is -0.180. The van der Waals surface area contributed by atoms with E-state index in [9.17, 15) is 0 Å². The Kier molecular flexibility index (Phi) is 12.1. The van der Waals surface area contributed by atoms with E-state index in [0.717, 1.165) is 49.6 Å². The third kappa shape index (κ3) is 7.63. The van der Waals surface area contributed by atoms with Crippen LogP contribution in [0.3, 0.4) is 0 Å². The lowest BCUT2D eigenvalue weighted by molar-refractivity contribution is 0.255. The van der Waals surface area contributed by atoms with Crippen LogP contribution >= 0.6 is 47.3 Å². The summed E-state index contributed by atoms with van der Waals surface area (Å²) < 4.78 is 0. The van der Waals surface area contributed by atoms with Gasteiger partial charge in [0.15, 0.2) is 5.96 Å². The number of rotatable bonds is 8. The highest BCUT2D eigenvalue weighted by atomic mass is 127. The van der Waals surface area contributed by atoms with Crippen LogP contribution in [-0.2, 0) is 0 Å². The van der Waals surface area contributed by atoms with Crippen LogP contribution in [0.15, 0.2) is 29.3 Å². The van der Waals surface area contributed by atoms with E-state index in [1.54, 1.807) is 0 Å². The SMILES string of the molecule is CCN(CC)CC1CCN(C(=NC)NCC(SC)c2cccc(Cl)c2)C1.I. The molecule has 7 heteroatoms. The van der Waals surface area contributed by atoms with Crippen LogP contribution in [0, 0.1) is 5.92 Å². The summed E-state index contributed by atoms with van der Waals surface area (Å²) in [7, 11) is 1.88. The summed E-state index contributed by atoms with van der Waals surface area (Å²) in [5.41, 5.74) is 1.26. The molecule has 1 aliphatic heterocycles. The molecule has 4 nitrogen and oxygen atoms in total. The second kappa shape index (κ2) is 13.1. The van der Waals surface area contributed by atoms with Crippen LogP contribution in [0.4, 0.5) is 0 Å². The number of hydrogen-bond acceptors (Lipinski definition) is 3. The van der Waals surface area contributed by atoms with Gasteiger partial charge in [0.05, 0.1) is 0 Å². The van der Waals surface area contributed by atoms with Crippen molar-refractivity contribution >= 4 is 53.3 Å². The van der Waals surface area contributed by atoms with Crippen molar-refractivity contribution in [3.8, 4) is 0 Å². The third-order valence-electron chi connectivity index (χ3n) is 5.16. The molecule has 1 aromatic carbocycles. The van der Waals surface area contributed by atoms with Crippen LogP contribution in [0.5, 0.6) is 0 Å². The van der Waals surface area contributed by atoms with Gasteiger partial charge in [-0.1, -0.05) is 37.6 Å². The lowest BCUT2D eigenvalue weighted by atomic mass is 10.1. The number of nitrogens with zero attached hydrogens (tertiary/aromatic N) is 3. The Balaban J connectivity index is 0.00000364. The van der Waals surface area contributed by atoms with Gasteiger partial charge in [0.2, 0.25) is 0 Å². The number of benzene rings is 1. The summed E-state index contributed by atoms with van der Waals surface area (Å²) in [6.07, 6.45) is 3.39. The number of halogens is 2. The Morgan fingerprint density at radius 2 is 2.15 bits per heavy atom. The van der Waals surface area contributed by atoms with Gasteiger partial charge in [0.25, 0.3) is 0 Å². The molecule has 1 aliphatic rings. The monoisotopic (exact) mass is 524 g/mol. The smallest absolute Gasteiger partial charge is 0.193 e. The lowest BCUT2D eigenvalue weighted by Crippen LogP contribution is -2.42. The van der Waals surface area contributed by atoms with E-state index in [0.29, 0.717) is 5.25 Å². The summed E-state index contributed by atoms with van der Waals surface area (Å²) >= 11 is 8.00. The zero-order valence-electron chi connectivity index (χ0n) is 16.9. The van der Waals surface area contributed by atoms with E-state index in [-0.39, 0.29) is 24.0 Å². The molecule has 0 amide bonds. The molecule has 154 valence electrons. The van der Waals surface area contributed by atoms with E-state index in [4.69, 9.17) is 11.6 Å². The van der Waals surface area contributed by atoms with Gasteiger partial charge < -0.3 is 15.1 Å². The van der Waals surface area contributed by atoms with Crippen molar-refractivity contribution in [3.63, 3.8) is 0 Å². The molecule has 1 fully saturated rings. The number of likely N-dealkylation sites (tertiary alicyclic amines) is 1. The molecular weight excluding hydrogens is 491 g/mol. The molecular formula is C20H34ClIN4S. The quantitative estimate of drug-likeness (QED) is 0.306. The molecule has 0 radical (unpaired) electrons. The van der Waals surface area contributed by atoms with Gasteiger partial charge in [-0.25, -0.2) is 0 Å². The lowest BCUT2D eigenvalue weighted by Gasteiger charge is -2.25. The summed E-state index contributed by atoms with van der Waals surface area (Å²) in [5, 5.41) is 4.74. The van der Waals surface area contributed by atoms with Crippen molar-refractivity contribution in [1.82, 2.24) is 15.1 Å². The first-order valence-corrected chi connectivity index (χ1v) is 11.2. The zero-order chi connectivity index (χ0) is 18.9. The Morgan fingerprint density at radius 1 is 1.41 bits per heavy atom. The van der Waals surface area contributed by atoms with Gasteiger partial charge in [0, 0.05) is 43.5 Å². The summed E-state index contributed by atoms with van der Waals surface area (Å²) in [5.74, 6) is 1.76. The number of thioether (sulfide) groups is 1. The first kappa shape index (κ1) is 24.9. The average Bonchev–Trinajstić information content (AvgIpc) is 3.11. The highest BCUT2D eigenvalue weighted by Crippen LogP contribution is 2.28. The molecule has 27 heavy (non-hydrogen) atoms. The molecule has 1 heterocycles. The second-order valence-electron chi connectivity index (χ2n) is 6.79. The standard InChI is InChI=1S/C20H33ClN4S.HI/c1-5-24(6-2)14-16-10-11-25(15-16)20(22-3)23-13-19(26-4)17-8-7-9-18(21)12-17;/h7-9,12,16,19H,5-6,10-11,13-15H2,1-4H3,(H,22,23);1H. The van der Waals surface area contributed by atoms with E-state index >= 15 is 0 Å². The second-order valence-corrected chi connectivity index (χ2v) is 8.27. The zero-order valence-corrected chi connectivity index (χ0v) is 20.9. The molecule has 0 bridgehead atoms. The fraction of sp³-hybridized carbons (Fsp3) is 0.650. The van der Waals surface area contributed by atoms with E-state index in [1.165, 1.54) is 18.5 Å². The molecule has 2 atom stereocenters. The van der Waals surface area contributed by atoms with Gasteiger partial charge in [0.1, 0.15) is 0 Å². The maximum atomic E-state index is 6.16. The molecule has 1 aromatic rings. The van der Waals surface area contributed by atoms with Crippen LogP contribution in [0.1, 0.15) is 31.1 Å². The maximum absolute atomic E-state index is 6.16. The maximum Gasteiger partial charge on any atom is 0.193 e. The van der Waals surface area contributed by atoms with Crippen molar-refractivity contribution < 1.29 is 0 Å². The number of guanidine groups is 1. The van der Waals surface area contributed by atoms with Gasteiger partial charge in [-0.05, 0) is 49.4 Å². The largest absolute Gasteiger partial charge is 0.355 e. The van der Waals surface area contributed by atoms with Gasteiger partial charge in [-0.2, -0.15) is 11.8 Å². The Morgan fingerprint density at radius 3 is 2.74 bits per heavy atom. The summed E-state index contributed by atoms with van der Waals surface area (Å²) in [6, 6.07) is 8.15. The van der Waals surface area contributed by atoms with Crippen molar-refractivity contribution in [2.45, 2.75) is 25.5 Å². The van der Waals surface area contributed by atoms with Gasteiger partial charge in [-0.15, -0.1) is 24.0 Å². The van der Waals surface area contributed by atoms with Crippen LogP contribution in [-0.4, -0.2) is 68.3 Å². The highest BCUT2D eigenvalue weighted by Gasteiger charge is 2.26. The van der Waals surface area contributed by atoms with Crippen molar-refractivity contribution in [2.75, 3.05) is 52.6 Å². The van der Waals surface area contributed by atoms with Crippen LogP contribution < -0.4 is 5.32 Å². The predicted molar refractivity (Wildman–Crippen MR) is 132 cm³/mol. The topological polar surface area (TPSA) is 30.9 Å². The van der Waals surface area contributed by atoms with Gasteiger partial charge in [-0.3, -0.25) is 4.99 Å². The fourth-order valence-electron chi connectivity index (χ4n) is 3.58. The minimum Gasteiger partial charge on any atom is -0.355 e. The summed E-state index contributed by atoms with van der Waals surface area (Å²) in [4.78, 5) is 9.45. The Bertz CT molecular complexity index is 583. The van der Waals surface area contributed by atoms with Crippen molar-refractivity contribution in [3.05, 3.63) is 34.9 Å². The molecule has 0 spiro atoms. The predicted octanol–water partition coefficient (Wildman–Crippen LogP) is 4.60. The minimum absolute atomic E-state index is 0. The first-order chi connectivity index (χ1) is 12.6. The van der Waals surface area contributed by atoms with E-state index < -0.39 is 0 Å².